The number of cyclic esters (lactones) is 1. The Bertz CT molecular complexity index is 449. The fraction of sp³-hybridized carbons (Fsp3) is 0.571. The number of aliphatic hydroxyl groups is 1. The molecule has 0 atom stereocenters. The van der Waals surface area contributed by atoms with Gasteiger partial charge in [0.15, 0.2) is 12.4 Å². The number of rotatable bonds is 4. The van der Waals surface area contributed by atoms with E-state index in [2.05, 4.69) is 8.92 Å². The van der Waals surface area contributed by atoms with Crippen LogP contribution in [-0.2, 0) is 23.8 Å². The Morgan fingerprint density at radius 1 is 1.41 bits per heavy atom. The Morgan fingerprint density at radius 3 is 2.47 bits per heavy atom. The zero-order chi connectivity index (χ0) is 13.3. The molecule has 0 amide bonds. The Morgan fingerprint density at radius 2 is 2.00 bits per heavy atom. The molecule has 0 aromatic carbocycles. The van der Waals surface area contributed by atoms with Crippen LogP contribution in [0.25, 0.3) is 0 Å². The lowest BCUT2D eigenvalue weighted by atomic mass is 10.2. The molecule has 0 unspecified atom stereocenters. The number of esters is 1. The van der Waals surface area contributed by atoms with E-state index in [1.807, 2.05) is 0 Å². The van der Waals surface area contributed by atoms with Crippen molar-refractivity contribution in [2.45, 2.75) is 11.9 Å². The van der Waals surface area contributed by atoms with Crippen LogP contribution < -0.4 is 0 Å². The predicted octanol–water partition coefficient (Wildman–Crippen LogP) is 0.0459. The standard InChI is InChI=1S/C7H7F3O6S/c8-7(9,10)17(13,14)16-5-3-15-6(12)4(5)1-2-11/h11H,1-3H2. The fourth-order valence-electron chi connectivity index (χ4n) is 1.03. The zero-order valence-electron chi connectivity index (χ0n) is 8.15. The first-order valence-corrected chi connectivity index (χ1v) is 5.60. The van der Waals surface area contributed by atoms with Crippen LogP contribution in [0.5, 0.6) is 0 Å². The van der Waals surface area contributed by atoms with Crippen LogP contribution in [0.4, 0.5) is 13.2 Å². The monoisotopic (exact) mass is 276 g/mol. The first-order valence-electron chi connectivity index (χ1n) is 4.20. The number of aliphatic hydroxyl groups excluding tert-OH is 1. The topological polar surface area (TPSA) is 89.9 Å². The van der Waals surface area contributed by atoms with Gasteiger partial charge in [-0.25, -0.2) is 4.79 Å². The highest BCUT2D eigenvalue weighted by atomic mass is 32.2. The van der Waals surface area contributed by atoms with Crippen LogP contribution in [0.3, 0.4) is 0 Å². The van der Waals surface area contributed by atoms with Crippen LogP contribution in [0.15, 0.2) is 11.3 Å². The maximum atomic E-state index is 12.0. The van der Waals surface area contributed by atoms with E-state index in [1.165, 1.54) is 0 Å². The number of hydrogen-bond acceptors (Lipinski definition) is 6. The molecule has 0 fully saturated rings. The highest BCUT2D eigenvalue weighted by Crippen LogP contribution is 2.30. The van der Waals surface area contributed by atoms with E-state index in [9.17, 15) is 26.4 Å². The molecule has 0 saturated heterocycles. The molecule has 1 rings (SSSR count). The summed E-state index contributed by atoms with van der Waals surface area (Å²) in [6.07, 6.45) is -0.346. The van der Waals surface area contributed by atoms with Crippen LogP contribution in [0.2, 0.25) is 0 Å². The molecule has 0 aromatic heterocycles. The molecule has 0 aromatic rings. The van der Waals surface area contributed by atoms with Crippen molar-refractivity contribution < 1.29 is 40.4 Å². The lowest BCUT2D eigenvalue weighted by Gasteiger charge is -2.09. The molecule has 1 aliphatic heterocycles. The molecule has 98 valence electrons. The van der Waals surface area contributed by atoms with Crippen molar-refractivity contribution in [2.75, 3.05) is 13.2 Å². The third-order valence-corrected chi connectivity index (χ3v) is 2.76. The van der Waals surface area contributed by atoms with Gasteiger partial charge in [-0.1, -0.05) is 0 Å². The van der Waals surface area contributed by atoms with Crippen molar-refractivity contribution in [3.05, 3.63) is 11.3 Å². The third-order valence-electron chi connectivity index (χ3n) is 1.77. The van der Waals surface area contributed by atoms with E-state index in [4.69, 9.17) is 5.11 Å². The molecule has 17 heavy (non-hydrogen) atoms. The third kappa shape index (κ3) is 2.88. The quantitative estimate of drug-likeness (QED) is 0.443. The zero-order valence-corrected chi connectivity index (χ0v) is 8.97. The first kappa shape index (κ1) is 13.8. The SMILES string of the molecule is O=C1OCC(OS(=O)(=O)C(F)(F)F)=C1CCO. The average molecular weight is 276 g/mol. The minimum atomic E-state index is -5.83. The van der Waals surface area contributed by atoms with Gasteiger partial charge in [-0.15, -0.1) is 0 Å². The minimum absolute atomic E-state index is 0.346. The summed E-state index contributed by atoms with van der Waals surface area (Å²) in [5.41, 5.74) is -6.00. The lowest BCUT2D eigenvalue weighted by Crippen LogP contribution is -2.25. The summed E-state index contributed by atoms with van der Waals surface area (Å²) in [6, 6.07) is 0. The maximum absolute atomic E-state index is 12.0. The summed E-state index contributed by atoms with van der Waals surface area (Å²) in [6.45, 7) is -1.26. The maximum Gasteiger partial charge on any atom is 0.534 e. The lowest BCUT2D eigenvalue weighted by molar-refractivity contribution is -0.136. The molecule has 10 heteroatoms. The molecule has 1 heterocycles. The Labute approximate surface area is 93.7 Å². The Hall–Kier alpha value is -1.29. The highest BCUT2D eigenvalue weighted by Gasteiger charge is 2.49. The van der Waals surface area contributed by atoms with E-state index < -0.39 is 46.1 Å². The molecule has 0 bridgehead atoms. The molecule has 1 N–H and O–H groups in total. The van der Waals surface area contributed by atoms with Gasteiger partial charge < -0.3 is 14.0 Å². The van der Waals surface area contributed by atoms with Crippen molar-refractivity contribution >= 4 is 16.1 Å². The molecule has 0 saturated carbocycles. The molecule has 0 spiro atoms. The largest absolute Gasteiger partial charge is 0.534 e. The summed E-state index contributed by atoms with van der Waals surface area (Å²) in [5, 5.41) is 8.55. The van der Waals surface area contributed by atoms with Crippen molar-refractivity contribution in [2.24, 2.45) is 0 Å². The van der Waals surface area contributed by atoms with Crippen LogP contribution in [0, 0.1) is 0 Å². The van der Waals surface area contributed by atoms with Gasteiger partial charge in [0.25, 0.3) is 0 Å². The second kappa shape index (κ2) is 4.53. The number of alkyl halides is 3. The van der Waals surface area contributed by atoms with E-state index in [1.54, 1.807) is 0 Å². The summed E-state index contributed by atoms with van der Waals surface area (Å²) in [7, 11) is -5.83. The van der Waals surface area contributed by atoms with Crippen LogP contribution >= 0.6 is 0 Å². The Kier molecular flexibility index (Phi) is 3.67. The van der Waals surface area contributed by atoms with Gasteiger partial charge in [0.2, 0.25) is 0 Å². The van der Waals surface area contributed by atoms with E-state index in [0.29, 0.717) is 0 Å². The summed E-state index contributed by atoms with van der Waals surface area (Å²) < 4.78 is 65.3. The summed E-state index contributed by atoms with van der Waals surface area (Å²) in [4.78, 5) is 11.0. The van der Waals surface area contributed by atoms with Gasteiger partial charge in [0.05, 0.1) is 5.57 Å². The average Bonchev–Trinajstić information content (AvgIpc) is 2.48. The first-order chi connectivity index (χ1) is 7.69. The van der Waals surface area contributed by atoms with Gasteiger partial charge in [0.1, 0.15) is 0 Å². The molecule has 0 aliphatic carbocycles. The molecular weight excluding hydrogens is 269 g/mol. The van der Waals surface area contributed by atoms with Gasteiger partial charge in [-0.3, -0.25) is 0 Å². The van der Waals surface area contributed by atoms with Crippen LogP contribution in [0.1, 0.15) is 6.42 Å². The Balaban J connectivity index is 2.99. The summed E-state index contributed by atoms with van der Waals surface area (Å²) >= 11 is 0. The number of halogens is 3. The number of hydrogen-bond donors (Lipinski definition) is 1. The second-order valence-electron chi connectivity index (χ2n) is 2.93. The second-order valence-corrected chi connectivity index (χ2v) is 4.47. The van der Waals surface area contributed by atoms with Gasteiger partial charge in [-0.05, 0) is 0 Å². The van der Waals surface area contributed by atoms with Gasteiger partial charge in [-0.2, -0.15) is 21.6 Å². The smallest absolute Gasteiger partial charge is 0.454 e. The fourth-order valence-corrected chi connectivity index (χ4v) is 1.53. The van der Waals surface area contributed by atoms with Crippen molar-refractivity contribution in [3.63, 3.8) is 0 Å². The van der Waals surface area contributed by atoms with E-state index in [0.717, 1.165) is 0 Å². The number of carbonyl (C=O) groups is 1. The predicted molar refractivity (Wildman–Crippen MR) is 45.7 cm³/mol. The minimum Gasteiger partial charge on any atom is -0.454 e. The summed E-state index contributed by atoms with van der Waals surface area (Å²) in [5.74, 6) is -1.76. The van der Waals surface area contributed by atoms with Crippen molar-refractivity contribution in [1.82, 2.24) is 0 Å². The molecule has 6 nitrogen and oxygen atoms in total. The van der Waals surface area contributed by atoms with Crippen molar-refractivity contribution in [3.8, 4) is 0 Å². The molecule has 1 aliphatic rings. The molecule has 0 radical (unpaired) electrons. The number of carbonyl (C=O) groups excluding carboxylic acids is 1. The van der Waals surface area contributed by atoms with Gasteiger partial charge in [0, 0.05) is 13.0 Å². The normalized spacial score (nSPS) is 17.3. The van der Waals surface area contributed by atoms with Crippen molar-refractivity contribution in [1.29, 1.82) is 0 Å². The van der Waals surface area contributed by atoms with Gasteiger partial charge >= 0.3 is 21.6 Å². The van der Waals surface area contributed by atoms with Crippen LogP contribution in [-0.4, -0.2) is 38.2 Å². The molecular formula is C7H7F3O6S. The van der Waals surface area contributed by atoms with E-state index >= 15 is 0 Å². The number of ether oxygens (including phenoxy) is 1. The van der Waals surface area contributed by atoms with E-state index in [-0.39, 0.29) is 6.42 Å². The highest BCUT2D eigenvalue weighted by molar-refractivity contribution is 7.87.